The van der Waals surface area contributed by atoms with Crippen molar-refractivity contribution >= 4 is 48.2 Å². The van der Waals surface area contributed by atoms with E-state index in [0.29, 0.717) is 0 Å². The topological polar surface area (TPSA) is 68.0 Å². The standard InChI is InChI=1S/C18H21N3OS.2ClH/c19-17-5-1-4-16(17)18(22)21-14-6-8-15(9-7-14)23-12-13-3-2-10-20-11-13;;/h2-3,6-11,16-17H,1,4-5,12,19H2,(H,21,22);2*1H. The van der Waals surface area contributed by atoms with E-state index in [0.717, 1.165) is 30.7 Å². The van der Waals surface area contributed by atoms with Crippen molar-refractivity contribution in [2.24, 2.45) is 11.7 Å². The Balaban J connectivity index is 0.00000156. The van der Waals surface area contributed by atoms with Crippen molar-refractivity contribution in [3.63, 3.8) is 0 Å². The highest BCUT2D eigenvalue weighted by Crippen LogP contribution is 2.27. The molecule has 1 aliphatic carbocycles. The molecule has 7 heteroatoms. The number of hydrogen-bond donors (Lipinski definition) is 2. The lowest BCUT2D eigenvalue weighted by Gasteiger charge is -2.15. The highest BCUT2D eigenvalue weighted by atomic mass is 35.5. The van der Waals surface area contributed by atoms with Crippen LogP contribution in [0.5, 0.6) is 0 Å². The fraction of sp³-hybridized carbons (Fsp3) is 0.333. The summed E-state index contributed by atoms with van der Waals surface area (Å²) in [4.78, 5) is 17.5. The normalized spacial score (nSPS) is 18.8. The van der Waals surface area contributed by atoms with E-state index in [9.17, 15) is 4.79 Å². The second kappa shape index (κ2) is 10.7. The summed E-state index contributed by atoms with van der Waals surface area (Å²) in [5.74, 6) is 0.886. The van der Waals surface area contributed by atoms with E-state index >= 15 is 0 Å². The van der Waals surface area contributed by atoms with Gasteiger partial charge in [-0.2, -0.15) is 0 Å². The number of halogens is 2. The van der Waals surface area contributed by atoms with Crippen LogP contribution in [0, 0.1) is 5.92 Å². The molecule has 2 aromatic rings. The molecule has 1 aliphatic rings. The van der Waals surface area contributed by atoms with Crippen molar-refractivity contribution < 1.29 is 4.79 Å². The number of pyridine rings is 1. The number of amides is 1. The number of hydrogen-bond acceptors (Lipinski definition) is 4. The van der Waals surface area contributed by atoms with E-state index in [1.807, 2.05) is 36.5 Å². The van der Waals surface area contributed by atoms with Crippen molar-refractivity contribution in [2.45, 2.75) is 36.0 Å². The monoisotopic (exact) mass is 399 g/mol. The van der Waals surface area contributed by atoms with Crippen LogP contribution in [0.1, 0.15) is 24.8 Å². The maximum Gasteiger partial charge on any atom is 0.229 e. The molecule has 1 amide bonds. The Morgan fingerprint density at radius 3 is 2.56 bits per heavy atom. The average Bonchev–Trinajstić information content (AvgIpc) is 3.01. The van der Waals surface area contributed by atoms with Gasteiger partial charge in [-0.05, 0) is 48.7 Å². The molecular weight excluding hydrogens is 377 g/mol. The summed E-state index contributed by atoms with van der Waals surface area (Å²) in [6.45, 7) is 0. The number of anilines is 1. The maximum absolute atomic E-state index is 12.2. The smallest absolute Gasteiger partial charge is 0.229 e. The number of nitrogens with zero attached hydrogens (tertiary/aromatic N) is 1. The van der Waals surface area contributed by atoms with Gasteiger partial charge in [0.05, 0.1) is 5.92 Å². The molecule has 1 fully saturated rings. The number of nitrogens with two attached hydrogens (primary N) is 1. The molecule has 3 rings (SSSR count). The third-order valence-electron chi connectivity index (χ3n) is 4.16. The molecule has 25 heavy (non-hydrogen) atoms. The summed E-state index contributed by atoms with van der Waals surface area (Å²) in [5, 5.41) is 2.98. The summed E-state index contributed by atoms with van der Waals surface area (Å²) >= 11 is 1.75. The van der Waals surface area contributed by atoms with Gasteiger partial charge in [0.25, 0.3) is 0 Å². The zero-order chi connectivity index (χ0) is 16.1. The van der Waals surface area contributed by atoms with Gasteiger partial charge in [0.15, 0.2) is 0 Å². The summed E-state index contributed by atoms with van der Waals surface area (Å²) in [5.41, 5.74) is 8.02. The van der Waals surface area contributed by atoms with Gasteiger partial charge in [0.2, 0.25) is 5.91 Å². The number of carbonyl (C=O) groups excluding carboxylic acids is 1. The Kier molecular flexibility index (Phi) is 9.28. The summed E-state index contributed by atoms with van der Waals surface area (Å²) in [6, 6.07) is 12.0. The van der Waals surface area contributed by atoms with Crippen molar-refractivity contribution in [3.8, 4) is 0 Å². The van der Waals surface area contributed by atoms with Gasteiger partial charge in [-0.3, -0.25) is 9.78 Å². The lowest BCUT2D eigenvalue weighted by molar-refractivity contribution is -0.120. The molecule has 136 valence electrons. The van der Waals surface area contributed by atoms with Crippen molar-refractivity contribution in [2.75, 3.05) is 5.32 Å². The van der Waals surface area contributed by atoms with E-state index in [2.05, 4.69) is 16.4 Å². The molecule has 0 saturated heterocycles. The van der Waals surface area contributed by atoms with E-state index in [-0.39, 0.29) is 42.7 Å². The highest BCUT2D eigenvalue weighted by molar-refractivity contribution is 7.98. The van der Waals surface area contributed by atoms with E-state index in [1.165, 1.54) is 10.5 Å². The minimum atomic E-state index is -0.0466. The highest BCUT2D eigenvalue weighted by Gasteiger charge is 2.30. The Morgan fingerprint density at radius 2 is 1.96 bits per heavy atom. The molecule has 3 N–H and O–H groups in total. The summed E-state index contributed by atoms with van der Waals surface area (Å²) < 4.78 is 0. The van der Waals surface area contributed by atoms with Gasteiger partial charge in [0, 0.05) is 34.8 Å². The molecule has 2 atom stereocenters. The Hall–Kier alpha value is -1.27. The van der Waals surface area contributed by atoms with E-state index in [4.69, 9.17) is 5.73 Å². The second-order valence-electron chi connectivity index (χ2n) is 5.86. The number of rotatable bonds is 5. The van der Waals surface area contributed by atoms with Crippen LogP contribution in [0.25, 0.3) is 0 Å². The van der Waals surface area contributed by atoms with E-state index in [1.54, 1.807) is 18.0 Å². The van der Waals surface area contributed by atoms with E-state index < -0.39 is 0 Å². The molecular formula is C18H23Cl2N3OS. The lowest BCUT2D eigenvalue weighted by Crippen LogP contribution is -2.34. The van der Waals surface area contributed by atoms with Crippen molar-refractivity contribution in [1.29, 1.82) is 0 Å². The Morgan fingerprint density at radius 1 is 1.20 bits per heavy atom. The van der Waals surface area contributed by atoms with Crippen molar-refractivity contribution in [3.05, 3.63) is 54.4 Å². The van der Waals surface area contributed by atoms with Gasteiger partial charge >= 0.3 is 0 Å². The molecule has 0 bridgehead atoms. The molecule has 0 aliphatic heterocycles. The molecule has 1 heterocycles. The zero-order valence-electron chi connectivity index (χ0n) is 13.8. The third kappa shape index (κ3) is 6.19. The maximum atomic E-state index is 12.2. The molecule has 0 radical (unpaired) electrons. The average molecular weight is 400 g/mol. The number of thioether (sulfide) groups is 1. The predicted molar refractivity (Wildman–Crippen MR) is 109 cm³/mol. The molecule has 2 unspecified atom stereocenters. The van der Waals surface area contributed by atoms with Gasteiger partial charge in [-0.1, -0.05) is 12.5 Å². The Labute approximate surface area is 165 Å². The third-order valence-corrected chi connectivity index (χ3v) is 5.24. The molecule has 1 aromatic heterocycles. The summed E-state index contributed by atoms with van der Waals surface area (Å²) in [7, 11) is 0. The van der Waals surface area contributed by atoms with Crippen LogP contribution in [0.3, 0.4) is 0 Å². The zero-order valence-corrected chi connectivity index (χ0v) is 16.2. The second-order valence-corrected chi connectivity index (χ2v) is 6.91. The van der Waals surface area contributed by atoms with Gasteiger partial charge in [-0.25, -0.2) is 0 Å². The molecule has 0 spiro atoms. The molecule has 4 nitrogen and oxygen atoms in total. The van der Waals surface area contributed by atoms with Gasteiger partial charge in [-0.15, -0.1) is 36.6 Å². The number of aromatic nitrogens is 1. The van der Waals surface area contributed by atoms with Crippen LogP contribution in [-0.4, -0.2) is 16.9 Å². The largest absolute Gasteiger partial charge is 0.327 e. The summed E-state index contributed by atoms with van der Waals surface area (Å²) in [6.07, 6.45) is 6.55. The number of nitrogens with one attached hydrogen (secondary N) is 1. The predicted octanol–water partition coefficient (Wildman–Crippen LogP) is 4.28. The van der Waals surface area contributed by atoms with Crippen LogP contribution in [-0.2, 0) is 10.5 Å². The first kappa shape index (κ1) is 21.8. The minimum Gasteiger partial charge on any atom is -0.327 e. The first-order chi connectivity index (χ1) is 11.2. The van der Waals surface area contributed by atoms with Crippen LogP contribution in [0.15, 0.2) is 53.7 Å². The van der Waals surface area contributed by atoms with Crippen LogP contribution in [0.4, 0.5) is 5.69 Å². The first-order valence-electron chi connectivity index (χ1n) is 7.90. The van der Waals surface area contributed by atoms with Crippen LogP contribution in [0.2, 0.25) is 0 Å². The van der Waals surface area contributed by atoms with Crippen LogP contribution >= 0.6 is 36.6 Å². The Bertz CT molecular complexity index is 655. The van der Waals surface area contributed by atoms with Crippen molar-refractivity contribution in [1.82, 2.24) is 4.98 Å². The number of carbonyl (C=O) groups is 1. The molecule has 1 saturated carbocycles. The number of benzene rings is 1. The lowest BCUT2D eigenvalue weighted by atomic mass is 10.0. The van der Waals surface area contributed by atoms with Gasteiger partial charge < -0.3 is 11.1 Å². The quantitative estimate of drug-likeness (QED) is 0.735. The van der Waals surface area contributed by atoms with Gasteiger partial charge in [0.1, 0.15) is 0 Å². The van der Waals surface area contributed by atoms with Crippen LogP contribution < -0.4 is 11.1 Å². The first-order valence-corrected chi connectivity index (χ1v) is 8.89. The SMILES string of the molecule is Cl.Cl.NC1CCCC1C(=O)Nc1ccc(SCc2cccnc2)cc1. The fourth-order valence-corrected chi connectivity index (χ4v) is 3.67. The fourth-order valence-electron chi connectivity index (χ4n) is 2.83. The minimum absolute atomic E-state index is 0. The molecule has 1 aromatic carbocycles.